The third-order valence-electron chi connectivity index (χ3n) is 6.55. The highest BCUT2D eigenvalue weighted by Crippen LogP contribution is 2.42. The van der Waals surface area contributed by atoms with E-state index in [1.807, 2.05) is 13.8 Å². The van der Waals surface area contributed by atoms with Crippen molar-refractivity contribution in [2.75, 3.05) is 6.54 Å². The Labute approximate surface area is 215 Å². The molecule has 0 spiro atoms. The summed E-state index contributed by atoms with van der Waals surface area (Å²) in [6.45, 7) is 4.00. The molecule has 13 heteroatoms. The minimum absolute atomic E-state index is 0.0595. The van der Waals surface area contributed by atoms with Crippen LogP contribution in [0.15, 0.2) is 24.3 Å². The molecule has 11 nitrogen and oxygen atoms in total. The van der Waals surface area contributed by atoms with Crippen molar-refractivity contribution in [3.63, 3.8) is 0 Å². The zero-order chi connectivity index (χ0) is 27.4. The highest BCUT2D eigenvalue weighted by Gasteiger charge is 2.47. The fourth-order valence-electron chi connectivity index (χ4n) is 4.41. The van der Waals surface area contributed by atoms with Gasteiger partial charge in [0.1, 0.15) is 17.5 Å². The summed E-state index contributed by atoms with van der Waals surface area (Å²) >= 11 is 0. The molecule has 1 saturated carbocycles. The van der Waals surface area contributed by atoms with Crippen molar-refractivity contribution < 1.29 is 41.6 Å². The van der Waals surface area contributed by atoms with E-state index in [1.165, 1.54) is 12.1 Å². The predicted molar refractivity (Wildman–Crippen MR) is 130 cm³/mol. The lowest BCUT2D eigenvalue weighted by molar-refractivity contribution is -0.126. The molecule has 37 heavy (non-hydrogen) atoms. The van der Waals surface area contributed by atoms with Gasteiger partial charge >= 0.3 is 6.09 Å². The number of rotatable bonds is 12. The highest BCUT2D eigenvalue weighted by atomic mass is 32.2. The smallest absolute Gasteiger partial charge is 0.408 e. The molecule has 206 valence electrons. The number of aliphatic hydroxyl groups is 1. The zero-order valence-corrected chi connectivity index (χ0v) is 21.6. The number of carbonyl (C=O) groups is 3. The Morgan fingerprint density at radius 2 is 1.86 bits per heavy atom. The van der Waals surface area contributed by atoms with Crippen LogP contribution >= 0.6 is 0 Å². The van der Waals surface area contributed by atoms with E-state index in [-0.39, 0.29) is 30.5 Å². The molecule has 1 heterocycles. The molecule has 1 aromatic rings. The molecule has 0 radical (unpaired) electrons. The normalized spacial score (nSPS) is 21.0. The maximum Gasteiger partial charge on any atom is 0.408 e. The molecule has 4 atom stereocenters. The minimum Gasteiger partial charge on any atom is -0.443 e. The van der Waals surface area contributed by atoms with Crippen LogP contribution in [0.1, 0.15) is 51.5 Å². The number of benzene rings is 1. The number of alkyl carbamates (subject to hydrolysis) is 1. The number of aliphatic hydroxyl groups excluding tert-OH is 1. The number of ether oxygens (including phenoxy) is 1. The summed E-state index contributed by atoms with van der Waals surface area (Å²) in [7, 11) is -4.95. The number of nitrogens with one attached hydrogen (secondary N) is 3. The monoisotopic (exact) mass is 543 g/mol. The van der Waals surface area contributed by atoms with E-state index in [9.17, 15) is 36.9 Å². The summed E-state index contributed by atoms with van der Waals surface area (Å²) in [5, 5.41) is 17.7. The van der Waals surface area contributed by atoms with E-state index in [0.717, 1.165) is 5.56 Å². The van der Waals surface area contributed by atoms with Crippen LogP contribution in [0.5, 0.6) is 0 Å². The van der Waals surface area contributed by atoms with Gasteiger partial charge in [0, 0.05) is 18.9 Å². The number of hydrogen-bond acceptors (Lipinski definition) is 7. The molecule has 1 saturated heterocycles. The van der Waals surface area contributed by atoms with Gasteiger partial charge in [-0.25, -0.2) is 9.18 Å². The molecule has 1 unspecified atom stereocenters. The summed E-state index contributed by atoms with van der Waals surface area (Å²) in [6.07, 6.45) is 1.06. The first-order valence-electron chi connectivity index (χ1n) is 12.2. The minimum atomic E-state index is -4.95. The van der Waals surface area contributed by atoms with Crippen LogP contribution in [-0.4, -0.2) is 65.7 Å². The van der Waals surface area contributed by atoms with Crippen LogP contribution in [0.4, 0.5) is 9.18 Å². The quantitative estimate of drug-likeness (QED) is 0.245. The lowest BCUT2D eigenvalue weighted by Crippen LogP contribution is -2.55. The SMILES string of the molecule is CC(C)C[C@H](NC(=O)OC1(Cc2ccc(F)cc2)CC1)C(=O)N[C@@H](C[C@@H]1CCNC1=O)C(O)S(=O)(=O)O. The molecule has 3 amide bonds. The van der Waals surface area contributed by atoms with Crippen LogP contribution in [0.3, 0.4) is 0 Å². The molecular weight excluding hydrogens is 509 g/mol. The van der Waals surface area contributed by atoms with Crippen molar-refractivity contribution in [2.45, 2.75) is 75.5 Å². The zero-order valence-electron chi connectivity index (χ0n) is 20.8. The Balaban J connectivity index is 1.67. The van der Waals surface area contributed by atoms with Gasteiger partial charge < -0.3 is 25.8 Å². The predicted octanol–water partition coefficient (Wildman–Crippen LogP) is 1.26. The van der Waals surface area contributed by atoms with Crippen molar-refractivity contribution >= 4 is 28.0 Å². The summed E-state index contributed by atoms with van der Waals surface area (Å²) in [4.78, 5) is 37.8. The number of halogens is 1. The molecule has 1 aromatic carbocycles. The molecule has 1 aliphatic carbocycles. The van der Waals surface area contributed by atoms with Gasteiger partial charge in [-0.3, -0.25) is 14.1 Å². The maximum atomic E-state index is 13.2. The van der Waals surface area contributed by atoms with E-state index in [4.69, 9.17) is 4.74 Å². The van der Waals surface area contributed by atoms with Crippen LogP contribution < -0.4 is 16.0 Å². The van der Waals surface area contributed by atoms with Gasteiger partial charge in [-0.15, -0.1) is 0 Å². The van der Waals surface area contributed by atoms with Crippen molar-refractivity contribution in [1.29, 1.82) is 0 Å². The molecule has 2 aliphatic rings. The Bertz CT molecular complexity index is 1090. The topological polar surface area (TPSA) is 171 Å². The van der Waals surface area contributed by atoms with Crippen molar-refractivity contribution in [3.8, 4) is 0 Å². The van der Waals surface area contributed by atoms with E-state index in [0.29, 0.717) is 32.2 Å². The molecular formula is C24H34FN3O8S. The van der Waals surface area contributed by atoms with Crippen LogP contribution in [0.25, 0.3) is 0 Å². The molecule has 0 aromatic heterocycles. The first-order chi connectivity index (χ1) is 17.3. The highest BCUT2D eigenvalue weighted by molar-refractivity contribution is 7.86. The third-order valence-corrected chi connectivity index (χ3v) is 7.49. The first-order valence-corrected chi connectivity index (χ1v) is 13.7. The second-order valence-corrected chi connectivity index (χ2v) is 11.7. The maximum absolute atomic E-state index is 13.2. The Morgan fingerprint density at radius 3 is 2.38 bits per heavy atom. The molecule has 5 N–H and O–H groups in total. The van der Waals surface area contributed by atoms with Crippen LogP contribution in [0, 0.1) is 17.7 Å². The Kier molecular flexibility index (Phi) is 9.13. The summed E-state index contributed by atoms with van der Waals surface area (Å²) in [6, 6.07) is 3.23. The van der Waals surface area contributed by atoms with Gasteiger partial charge in [0.05, 0.1) is 6.04 Å². The second-order valence-electron chi connectivity index (χ2n) is 10.2. The number of amides is 3. The van der Waals surface area contributed by atoms with E-state index in [1.54, 1.807) is 12.1 Å². The second kappa shape index (κ2) is 11.7. The van der Waals surface area contributed by atoms with Gasteiger partial charge in [0.2, 0.25) is 17.3 Å². The fraction of sp³-hybridized carbons (Fsp3) is 0.625. The van der Waals surface area contributed by atoms with E-state index >= 15 is 0 Å². The lowest BCUT2D eigenvalue weighted by atomic mass is 9.97. The average Bonchev–Trinajstić information content (AvgIpc) is 3.42. The van der Waals surface area contributed by atoms with Gasteiger partial charge in [0.25, 0.3) is 10.1 Å². The summed E-state index contributed by atoms with van der Waals surface area (Å²) in [5.74, 6) is -2.24. The summed E-state index contributed by atoms with van der Waals surface area (Å²) < 4.78 is 51.4. The van der Waals surface area contributed by atoms with Crippen molar-refractivity contribution in [1.82, 2.24) is 16.0 Å². The van der Waals surface area contributed by atoms with Gasteiger partial charge in [-0.05, 0) is 55.7 Å². The van der Waals surface area contributed by atoms with Crippen LogP contribution in [0.2, 0.25) is 0 Å². The Morgan fingerprint density at radius 1 is 1.22 bits per heavy atom. The van der Waals surface area contributed by atoms with Gasteiger partial charge in [-0.1, -0.05) is 26.0 Å². The lowest BCUT2D eigenvalue weighted by Gasteiger charge is -2.28. The fourth-order valence-corrected chi connectivity index (χ4v) is 5.01. The van der Waals surface area contributed by atoms with E-state index < -0.39 is 51.2 Å². The number of hydrogen-bond donors (Lipinski definition) is 5. The van der Waals surface area contributed by atoms with Gasteiger partial charge in [-0.2, -0.15) is 8.42 Å². The van der Waals surface area contributed by atoms with Gasteiger partial charge in [0.15, 0.2) is 0 Å². The van der Waals surface area contributed by atoms with E-state index in [2.05, 4.69) is 16.0 Å². The molecule has 2 fully saturated rings. The summed E-state index contributed by atoms with van der Waals surface area (Å²) in [5.41, 5.74) is -2.33. The largest absolute Gasteiger partial charge is 0.443 e. The number of carbonyl (C=O) groups excluding carboxylic acids is 3. The third kappa shape index (κ3) is 8.37. The first kappa shape index (κ1) is 28.8. The van der Waals surface area contributed by atoms with Crippen LogP contribution in [-0.2, 0) is 30.9 Å². The van der Waals surface area contributed by atoms with Crippen molar-refractivity contribution in [3.05, 3.63) is 35.6 Å². The average molecular weight is 544 g/mol. The van der Waals surface area contributed by atoms with Crippen molar-refractivity contribution in [2.24, 2.45) is 11.8 Å². The standard InChI is InChI=1S/C24H34FN3O8S/c1-14(2)11-18(28-23(32)36-24(8-9-24)13-15-3-5-17(25)6-4-15)21(30)27-19(22(31)37(33,34)35)12-16-7-10-26-20(16)29/h3-6,14,16,18-19,22,31H,7-13H2,1-2H3,(H,26,29)(H,27,30)(H,28,32)(H,33,34,35)/t16-,18-,19-,22?/m0/s1. The molecule has 3 rings (SSSR count). The Hall–Kier alpha value is -2.77. The molecule has 1 aliphatic heterocycles. The molecule has 0 bridgehead atoms.